The zero-order valence-corrected chi connectivity index (χ0v) is 15.2. The number of nitrogens with zero attached hydrogens (tertiary/aromatic N) is 6. The van der Waals surface area contributed by atoms with Crippen molar-refractivity contribution in [3.8, 4) is 0 Å². The number of aromatic nitrogens is 4. The summed E-state index contributed by atoms with van der Waals surface area (Å²) in [5.41, 5.74) is -0.213. The van der Waals surface area contributed by atoms with E-state index < -0.39 is 17.6 Å². The number of hydrogen-bond donors (Lipinski definition) is 1. The molecule has 144 valence electrons. The summed E-state index contributed by atoms with van der Waals surface area (Å²) in [7, 11) is 0. The van der Waals surface area contributed by atoms with Crippen LogP contribution < -0.4 is 4.90 Å². The summed E-state index contributed by atoms with van der Waals surface area (Å²) in [6.07, 6.45) is -4.62. The monoisotopic (exact) mass is 372 g/mol. The van der Waals surface area contributed by atoms with Gasteiger partial charge in [0.25, 0.3) is 11.6 Å². The number of hydrogen-bond acceptors (Lipinski definition) is 6. The quantitative estimate of drug-likeness (QED) is 0.885. The van der Waals surface area contributed by atoms with E-state index in [1.807, 2.05) is 11.8 Å². The molecule has 1 fully saturated rings. The highest BCUT2D eigenvalue weighted by Gasteiger charge is 2.37. The first kappa shape index (κ1) is 18.8. The van der Waals surface area contributed by atoms with Gasteiger partial charge in [0.15, 0.2) is 0 Å². The Morgan fingerprint density at radius 3 is 2.50 bits per heavy atom. The van der Waals surface area contributed by atoms with Crippen molar-refractivity contribution in [3.63, 3.8) is 0 Å². The Hall–Kier alpha value is -1.94. The van der Waals surface area contributed by atoms with Crippen molar-refractivity contribution in [1.82, 2.24) is 24.5 Å². The first-order valence-corrected chi connectivity index (χ1v) is 8.47. The summed E-state index contributed by atoms with van der Waals surface area (Å²) in [4.78, 5) is 11.8. The van der Waals surface area contributed by atoms with Gasteiger partial charge in [-0.05, 0) is 27.7 Å². The van der Waals surface area contributed by atoms with E-state index in [9.17, 15) is 18.3 Å². The molecule has 1 unspecified atom stereocenters. The summed E-state index contributed by atoms with van der Waals surface area (Å²) >= 11 is 0. The Morgan fingerprint density at radius 1 is 1.23 bits per heavy atom. The minimum absolute atomic E-state index is 0.0367. The molecule has 1 aliphatic rings. The van der Waals surface area contributed by atoms with Gasteiger partial charge in [-0.15, -0.1) is 5.10 Å². The van der Waals surface area contributed by atoms with Gasteiger partial charge in [0.2, 0.25) is 0 Å². The number of piperazine rings is 1. The van der Waals surface area contributed by atoms with Gasteiger partial charge in [0.05, 0.1) is 5.60 Å². The SMILES string of the molecule is Cc1cc(N2CCN(CC(C)(C)O)CC2C)n2nc(C(F)(F)F)nc2n1. The first-order valence-electron chi connectivity index (χ1n) is 8.47. The van der Waals surface area contributed by atoms with Crippen LogP contribution in [0.3, 0.4) is 0 Å². The second kappa shape index (κ2) is 6.34. The molecule has 0 bridgehead atoms. The maximum absolute atomic E-state index is 13.0. The van der Waals surface area contributed by atoms with E-state index in [0.717, 1.165) is 4.52 Å². The Labute approximate surface area is 149 Å². The maximum Gasteiger partial charge on any atom is 0.453 e. The number of anilines is 1. The second-order valence-electron chi connectivity index (χ2n) is 7.49. The van der Waals surface area contributed by atoms with Crippen LogP contribution in [-0.4, -0.2) is 67.4 Å². The van der Waals surface area contributed by atoms with Gasteiger partial charge in [-0.2, -0.15) is 22.7 Å². The van der Waals surface area contributed by atoms with Crippen molar-refractivity contribution in [2.45, 2.75) is 45.5 Å². The number of fused-ring (bicyclic) bond motifs is 1. The number of β-amino-alcohol motifs (C(OH)–C–C–N with tert-alkyl or cyclic N) is 1. The van der Waals surface area contributed by atoms with Crippen molar-refractivity contribution in [1.29, 1.82) is 0 Å². The molecule has 1 saturated heterocycles. The lowest BCUT2D eigenvalue weighted by Gasteiger charge is -2.42. The standard InChI is InChI=1S/C16H23F3N6O/c1-10-7-12(25-14(20-10)21-13(22-25)16(17,18)19)24-6-5-23(8-11(24)2)9-15(3,4)26/h7,11,26H,5-6,8-9H2,1-4H3. The lowest BCUT2D eigenvalue weighted by Crippen LogP contribution is -2.55. The third kappa shape index (κ3) is 3.90. The Balaban J connectivity index is 1.92. The lowest BCUT2D eigenvalue weighted by molar-refractivity contribution is -0.144. The molecule has 0 saturated carbocycles. The average molecular weight is 372 g/mol. The number of rotatable bonds is 3. The minimum atomic E-state index is -4.62. The lowest BCUT2D eigenvalue weighted by atomic mass is 10.1. The molecule has 3 rings (SSSR count). The van der Waals surface area contributed by atoms with E-state index in [1.165, 1.54) is 0 Å². The predicted octanol–water partition coefficient (Wildman–Crippen LogP) is 1.73. The fraction of sp³-hybridized carbons (Fsp3) is 0.688. The summed E-state index contributed by atoms with van der Waals surface area (Å²) in [6.45, 7) is 9.77. The normalized spacial score (nSPS) is 20.2. The molecule has 26 heavy (non-hydrogen) atoms. The first-order chi connectivity index (χ1) is 11.9. The minimum Gasteiger partial charge on any atom is -0.389 e. The second-order valence-corrected chi connectivity index (χ2v) is 7.49. The van der Waals surface area contributed by atoms with Crippen LogP contribution >= 0.6 is 0 Å². The molecule has 7 nitrogen and oxygen atoms in total. The Morgan fingerprint density at radius 2 is 1.92 bits per heavy atom. The van der Waals surface area contributed by atoms with Gasteiger partial charge in [0.1, 0.15) is 5.82 Å². The highest BCUT2D eigenvalue weighted by molar-refractivity contribution is 5.49. The summed E-state index contributed by atoms with van der Waals surface area (Å²) in [5, 5.41) is 13.6. The average Bonchev–Trinajstić information content (AvgIpc) is 2.89. The van der Waals surface area contributed by atoms with Crippen molar-refractivity contribution in [2.75, 3.05) is 31.1 Å². The fourth-order valence-electron chi connectivity index (χ4n) is 3.36. The molecular formula is C16H23F3N6O. The predicted molar refractivity (Wildman–Crippen MR) is 90.1 cm³/mol. The molecule has 0 spiro atoms. The zero-order valence-electron chi connectivity index (χ0n) is 15.2. The van der Waals surface area contributed by atoms with E-state index >= 15 is 0 Å². The highest BCUT2D eigenvalue weighted by atomic mass is 19.4. The molecule has 0 aliphatic carbocycles. The van der Waals surface area contributed by atoms with Crippen LogP contribution in [0.4, 0.5) is 19.0 Å². The summed E-state index contributed by atoms with van der Waals surface area (Å²) in [6, 6.07) is 1.76. The molecule has 0 aromatic carbocycles. The van der Waals surface area contributed by atoms with Gasteiger partial charge in [-0.25, -0.2) is 4.98 Å². The molecule has 0 radical (unpaired) electrons. The van der Waals surface area contributed by atoms with E-state index in [1.54, 1.807) is 26.8 Å². The molecule has 10 heteroatoms. The van der Waals surface area contributed by atoms with Crippen molar-refractivity contribution >= 4 is 11.6 Å². The largest absolute Gasteiger partial charge is 0.453 e. The van der Waals surface area contributed by atoms with Crippen LogP contribution in [0, 0.1) is 6.92 Å². The third-order valence-corrected chi connectivity index (χ3v) is 4.29. The topological polar surface area (TPSA) is 69.8 Å². The number of aryl methyl sites for hydroxylation is 1. The van der Waals surface area contributed by atoms with E-state index in [4.69, 9.17) is 0 Å². The van der Waals surface area contributed by atoms with Gasteiger partial charge < -0.3 is 10.0 Å². The molecule has 1 N–H and O–H groups in total. The number of halogens is 3. The smallest absolute Gasteiger partial charge is 0.389 e. The van der Waals surface area contributed by atoms with E-state index in [0.29, 0.717) is 37.7 Å². The zero-order chi connectivity index (χ0) is 19.3. The van der Waals surface area contributed by atoms with Crippen molar-refractivity contribution in [3.05, 3.63) is 17.6 Å². The van der Waals surface area contributed by atoms with Crippen LogP contribution in [0.5, 0.6) is 0 Å². The Bertz CT molecular complexity index is 798. The maximum atomic E-state index is 13.0. The third-order valence-electron chi connectivity index (χ3n) is 4.29. The van der Waals surface area contributed by atoms with Gasteiger partial charge in [0, 0.05) is 44.0 Å². The molecule has 1 atom stereocenters. The van der Waals surface area contributed by atoms with Crippen LogP contribution in [0.25, 0.3) is 5.78 Å². The van der Waals surface area contributed by atoms with Crippen LogP contribution in [0.15, 0.2) is 6.07 Å². The molecule has 2 aromatic heterocycles. The molecule has 3 heterocycles. The fourth-order valence-corrected chi connectivity index (χ4v) is 3.36. The van der Waals surface area contributed by atoms with Crippen LogP contribution in [0.1, 0.15) is 32.3 Å². The van der Waals surface area contributed by atoms with Crippen molar-refractivity contribution in [2.24, 2.45) is 0 Å². The number of alkyl halides is 3. The van der Waals surface area contributed by atoms with Gasteiger partial charge in [-0.3, -0.25) is 4.90 Å². The summed E-state index contributed by atoms with van der Waals surface area (Å²) in [5.74, 6) is -0.700. The highest BCUT2D eigenvalue weighted by Crippen LogP contribution is 2.28. The Kier molecular flexibility index (Phi) is 4.60. The molecule has 1 aliphatic heterocycles. The van der Waals surface area contributed by atoms with Crippen LogP contribution in [0.2, 0.25) is 0 Å². The van der Waals surface area contributed by atoms with E-state index in [2.05, 4.69) is 20.0 Å². The molecule has 2 aromatic rings. The van der Waals surface area contributed by atoms with Gasteiger partial charge >= 0.3 is 6.18 Å². The van der Waals surface area contributed by atoms with Crippen molar-refractivity contribution < 1.29 is 18.3 Å². The van der Waals surface area contributed by atoms with Gasteiger partial charge in [-0.1, -0.05) is 0 Å². The van der Waals surface area contributed by atoms with E-state index in [-0.39, 0.29) is 11.8 Å². The summed E-state index contributed by atoms with van der Waals surface area (Å²) < 4.78 is 40.1. The number of aliphatic hydroxyl groups is 1. The van der Waals surface area contributed by atoms with Crippen LogP contribution in [-0.2, 0) is 6.18 Å². The molecular weight excluding hydrogens is 349 g/mol. The molecule has 0 amide bonds.